The Hall–Kier alpha value is -0.160. The number of ether oxygens (including phenoxy) is 3. The van der Waals surface area contributed by atoms with Gasteiger partial charge in [-0.2, -0.15) is 0 Å². The van der Waals surface area contributed by atoms with E-state index in [0.717, 1.165) is 31.1 Å². The molecule has 0 radical (unpaired) electrons. The van der Waals surface area contributed by atoms with Gasteiger partial charge in [0.25, 0.3) is 0 Å². The number of methoxy groups -OCH3 is 3. The minimum atomic E-state index is -0.409. The van der Waals surface area contributed by atoms with Crippen molar-refractivity contribution in [3.63, 3.8) is 0 Å². The van der Waals surface area contributed by atoms with Crippen LogP contribution < -0.4 is 0 Å². The number of fused-ring (bicyclic) bond motifs is 5. The van der Waals surface area contributed by atoms with Crippen LogP contribution in [0.3, 0.4) is 0 Å². The van der Waals surface area contributed by atoms with Crippen molar-refractivity contribution in [1.29, 1.82) is 0 Å². The quantitative estimate of drug-likeness (QED) is 0.658. The third-order valence-electron chi connectivity index (χ3n) is 10.8. The van der Waals surface area contributed by atoms with Crippen molar-refractivity contribution in [2.24, 2.45) is 46.3 Å². The maximum Gasteiger partial charge on any atom is 0.167 e. The summed E-state index contributed by atoms with van der Waals surface area (Å²) in [5, 5.41) is 9.87. The van der Waals surface area contributed by atoms with Gasteiger partial charge in [-0.1, -0.05) is 20.8 Å². The van der Waals surface area contributed by atoms with Crippen LogP contribution in [0.25, 0.3) is 0 Å². The van der Waals surface area contributed by atoms with Gasteiger partial charge in [0, 0.05) is 40.8 Å². The third kappa shape index (κ3) is 3.15. The molecule has 0 aromatic carbocycles. The van der Waals surface area contributed by atoms with E-state index in [2.05, 4.69) is 20.8 Å². The van der Waals surface area contributed by atoms with Gasteiger partial charge in [-0.15, -0.1) is 0 Å². The topological polar surface area (TPSA) is 47.9 Å². The summed E-state index contributed by atoms with van der Waals surface area (Å²) in [5.41, 5.74) is 0.725. The second-order valence-electron chi connectivity index (χ2n) is 11.4. The lowest BCUT2D eigenvalue weighted by molar-refractivity contribution is -0.271. The molecule has 4 heteroatoms. The molecule has 4 fully saturated rings. The predicted molar refractivity (Wildman–Crippen MR) is 114 cm³/mol. The summed E-state index contributed by atoms with van der Waals surface area (Å²) in [7, 11) is 5.54. The van der Waals surface area contributed by atoms with Crippen molar-refractivity contribution in [3.05, 3.63) is 0 Å². The van der Waals surface area contributed by atoms with Gasteiger partial charge in [-0.05, 0) is 84.9 Å². The predicted octanol–water partition coefficient (Wildman–Crippen LogP) is 4.89. The van der Waals surface area contributed by atoms with E-state index in [-0.39, 0.29) is 0 Å². The lowest BCUT2D eigenvalue weighted by atomic mass is 9.43. The molecule has 4 unspecified atom stereocenters. The summed E-state index contributed by atoms with van der Waals surface area (Å²) in [6, 6.07) is 0. The van der Waals surface area contributed by atoms with Crippen molar-refractivity contribution in [1.82, 2.24) is 0 Å². The van der Waals surface area contributed by atoms with Crippen LogP contribution >= 0.6 is 0 Å². The Bertz CT molecular complexity index is 589. The molecule has 0 amide bonds. The van der Waals surface area contributed by atoms with Crippen molar-refractivity contribution >= 4 is 0 Å². The SMILES string of the molecule is CO[C@@H]1C[C@H]2CC(OC)(OC)CC[C@]2(C)C2CC[C@@]3(C)C(CC[C@@H]3C(C)CO)C21. The fourth-order valence-electron chi connectivity index (χ4n) is 8.95. The summed E-state index contributed by atoms with van der Waals surface area (Å²) < 4.78 is 18.0. The molecule has 0 bridgehead atoms. The highest BCUT2D eigenvalue weighted by Gasteiger charge is 2.64. The van der Waals surface area contributed by atoms with E-state index in [9.17, 15) is 5.11 Å². The van der Waals surface area contributed by atoms with Crippen LogP contribution in [0.15, 0.2) is 0 Å². The molecule has 0 aliphatic heterocycles. The minimum Gasteiger partial charge on any atom is -0.396 e. The van der Waals surface area contributed by atoms with Gasteiger partial charge < -0.3 is 19.3 Å². The summed E-state index contributed by atoms with van der Waals surface area (Å²) >= 11 is 0. The zero-order valence-electron chi connectivity index (χ0n) is 19.6. The largest absolute Gasteiger partial charge is 0.396 e. The first kappa shape index (κ1) is 22.0. The summed E-state index contributed by atoms with van der Waals surface area (Å²) in [4.78, 5) is 0. The van der Waals surface area contributed by atoms with Crippen LogP contribution in [0.1, 0.15) is 72.1 Å². The van der Waals surface area contributed by atoms with Gasteiger partial charge in [0.2, 0.25) is 0 Å². The lowest BCUT2D eigenvalue weighted by Gasteiger charge is -2.64. The first-order chi connectivity index (χ1) is 13.8. The zero-order chi connectivity index (χ0) is 21.0. The van der Waals surface area contributed by atoms with Crippen molar-refractivity contribution < 1.29 is 19.3 Å². The normalized spacial score (nSPS) is 49.8. The molecule has 0 saturated heterocycles. The van der Waals surface area contributed by atoms with E-state index in [1.165, 1.54) is 32.1 Å². The standard InChI is InChI=1S/C25H44O4/c1-16(15-26)18-7-8-19-22-20(9-10-24(18,19)3)23(2)11-12-25(28-5,29-6)14-17(23)13-21(22)27-4/h16-22,26H,7-15H2,1-6H3/t16?,17-,18+,19?,20?,21+,22?,23-,24+/m0/s1. The minimum absolute atomic E-state index is 0.324. The molecule has 168 valence electrons. The first-order valence-corrected chi connectivity index (χ1v) is 12.0. The van der Waals surface area contributed by atoms with Crippen LogP contribution in [-0.4, -0.2) is 44.9 Å². The molecule has 4 rings (SSSR count). The highest BCUT2D eigenvalue weighted by molar-refractivity contribution is 5.12. The van der Waals surface area contributed by atoms with Gasteiger partial charge >= 0.3 is 0 Å². The van der Waals surface area contributed by atoms with Gasteiger partial charge in [-0.3, -0.25) is 0 Å². The van der Waals surface area contributed by atoms with Crippen LogP contribution in [0, 0.1) is 46.3 Å². The number of hydrogen-bond acceptors (Lipinski definition) is 4. The lowest BCUT2D eigenvalue weighted by Crippen LogP contribution is -2.60. The van der Waals surface area contributed by atoms with E-state index >= 15 is 0 Å². The Morgan fingerprint density at radius 3 is 2.24 bits per heavy atom. The van der Waals surface area contributed by atoms with E-state index < -0.39 is 5.79 Å². The summed E-state index contributed by atoms with van der Waals surface area (Å²) in [5.74, 6) is 3.39. The molecule has 0 aromatic rings. The summed E-state index contributed by atoms with van der Waals surface area (Å²) in [6.45, 7) is 7.69. The van der Waals surface area contributed by atoms with Crippen LogP contribution in [0.2, 0.25) is 0 Å². The van der Waals surface area contributed by atoms with Gasteiger partial charge in [0.15, 0.2) is 5.79 Å². The first-order valence-electron chi connectivity index (χ1n) is 12.0. The number of aliphatic hydroxyl groups excluding tert-OH is 1. The smallest absolute Gasteiger partial charge is 0.167 e. The zero-order valence-corrected chi connectivity index (χ0v) is 19.6. The second-order valence-corrected chi connectivity index (χ2v) is 11.4. The Labute approximate surface area is 178 Å². The maximum atomic E-state index is 9.87. The molecule has 0 heterocycles. The van der Waals surface area contributed by atoms with Crippen molar-refractivity contribution in [3.8, 4) is 0 Å². The van der Waals surface area contributed by atoms with E-state index in [1.807, 2.05) is 7.11 Å². The highest BCUT2D eigenvalue weighted by Crippen LogP contribution is 2.69. The molecule has 4 aliphatic carbocycles. The van der Waals surface area contributed by atoms with Gasteiger partial charge in [0.1, 0.15) is 0 Å². The highest BCUT2D eigenvalue weighted by atomic mass is 16.7. The Morgan fingerprint density at radius 1 is 0.931 bits per heavy atom. The molecule has 29 heavy (non-hydrogen) atoms. The molecule has 0 aromatic heterocycles. The summed E-state index contributed by atoms with van der Waals surface area (Å²) in [6.07, 6.45) is 9.87. The maximum absolute atomic E-state index is 9.87. The van der Waals surface area contributed by atoms with Crippen LogP contribution in [-0.2, 0) is 14.2 Å². The average Bonchev–Trinajstić information content (AvgIpc) is 3.09. The van der Waals surface area contributed by atoms with Crippen molar-refractivity contribution in [2.75, 3.05) is 27.9 Å². The Morgan fingerprint density at radius 2 is 1.62 bits per heavy atom. The Kier molecular flexibility index (Phi) is 5.90. The van der Waals surface area contributed by atoms with Gasteiger partial charge in [0.05, 0.1) is 6.10 Å². The monoisotopic (exact) mass is 408 g/mol. The number of aliphatic hydroxyl groups is 1. The Balaban J connectivity index is 1.64. The molecule has 4 saturated carbocycles. The second kappa shape index (κ2) is 7.76. The molecule has 4 nitrogen and oxygen atoms in total. The average molecular weight is 409 g/mol. The van der Waals surface area contributed by atoms with Crippen LogP contribution in [0.4, 0.5) is 0 Å². The molecular weight excluding hydrogens is 364 g/mol. The fraction of sp³-hybridized carbons (Fsp3) is 1.00. The van der Waals surface area contributed by atoms with Gasteiger partial charge in [-0.25, -0.2) is 0 Å². The number of hydrogen-bond donors (Lipinski definition) is 1. The van der Waals surface area contributed by atoms with E-state index in [0.29, 0.717) is 47.2 Å². The molecule has 1 N–H and O–H groups in total. The van der Waals surface area contributed by atoms with E-state index in [4.69, 9.17) is 14.2 Å². The molecule has 0 spiro atoms. The molecular formula is C25H44O4. The number of rotatable bonds is 5. The van der Waals surface area contributed by atoms with E-state index in [1.54, 1.807) is 14.2 Å². The van der Waals surface area contributed by atoms with Crippen LogP contribution in [0.5, 0.6) is 0 Å². The third-order valence-corrected chi connectivity index (χ3v) is 10.8. The van der Waals surface area contributed by atoms with Crippen molar-refractivity contribution in [2.45, 2.75) is 84.0 Å². The fourth-order valence-corrected chi connectivity index (χ4v) is 8.95. The molecule has 9 atom stereocenters. The molecule has 4 aliphatic rings.